The van der Waals surface area contributed by atoms with E-state index in [1.807, 2.05) is 0 Å². The summed E-state index contributed by atoms with van der Waals surface area (Å²) in [5.41, 5.74) is 0.951. The second-order valence-corrected chi connectivity index (χ2v) is 7.09. The van der Waals surface area contributed by atoms with Crippen molar-refractivity contribution in [2.45, 2.75) is 37.0 Å². The molecule has 0 spiro atoms. The Morgan fingerprint density at radius 1 is 1.11 bits per heavy atom. The molecule has 0 amide bonds. The zero-order valence-corrected chi connectivity index (χ0v) is 11.5. The molecule has 18 heavy (non-hydrogen) atoms. The van der Waals surface area contributed by atoms with Crippen molar-refractivity contribution >= 4 is 15.9 Å². The molecule has 2 rings (SSSR count). The maximum Gasteiger partial charge on any atom is 0.178 e. The van der Waals surface area contributed by atoms with Crippen LogP contribution in [0.1, 0.15) is 37.7 Å². The fourth-order valence-corrected chi connectivity index (χ4v) is 4.27. The highest BCUT2D eigenvalue weighted by molar-refractivity contribution is 7.91. The molecule has 0 aromatic heterocycles. The summed E-state index contributed by atoms with van der Waals surface area (Å²) in [5.74, 6) is 0.656. The molecule has 2 nitrogen and oxygen atoms in total. The van der Waals surface area contributed by atoms with Crippen LogP contribution in [0, 0.1) is 5.92 Å². The Bertz CT molecular complexity index is 494. The molecule has 0 heterocycles. The lowest BCUT2D eigenvalue weighted by Gasteiger charge is -2.21. The number of benzene rings is 1. The standard InChI is InChI=1S/C15H20O2S/c1-2-13-8-10-15(11-9-13)18(16,17)12-14-6-4-3-5-7-14/h2,8-11,14H,1,3-7,12H2. The van der Waals surface area contributed by atoms with Crippen LogP contribution >= 0.6 is 0 Å². The third-order valence-corrected chi connectivity index (χ3v) is 5.56. The minimum Gasteiger partial charge on any atom is -0.224 e. The van der Waals surface area contributed by atoms with E-state index in [0.29, 0.717) is 16.6 Å². The Morgan fingerprint density at radius 2 is 1.72 bits per heavy atom. The first-order valence-electron chi connectivity index (χ1n) is 6.57. The van der Waals surface area contributed by atoms with Gasteiger partial charge in [0.25, 0.3) is 0 Å². The highest BCUT2D eigenvalue weighted by atomic mass is 32.2. The van der Waals surface area contributed by atoms with Crippen LogP contribution < -0.4 is 0 Å². The van der Waals surface area contributed by atoms with E-state index in [1.54, 1.807) is 30.3 Å². The van der Waals surface area contributed by atoms with Gasteiger partial charge in [0.05, 0.1) is 10.6 Å². The molecule has 0 bridgehead atoms. The zero-order valence-electron chi connectivity index (χ0n) is 10.6. The van der Waals surface area contributed by atoms with Crippen LogP contribution in [0.3, 0.4) is 0 Å². The van der Waals surface area contributed by atoms with Crippen molar-refractivity contribution in [1.82, 2.24) is 0 Å². The maximum absolute atomic E-state index is 12.3. The van der Waals surface area contributed by atoms with Gasteiger partial charge in [0.1, 0.15) is 0 Å². The Hall–Kier alpha value is -1.09. The Balaban J connectivity index is 2.11. The van der Waals surface area contributed by atoms with Gasteiger partial charge in [-0.2, -0.15) is 0 Å². The molecule has 0 atom stereocenters. The molecule has 3 heteroatoms. The third kappa shape index (κ3) is 3.22. The molecular formula is C15H20O2S. The molecule has 1 aromatic rings. The van der Waals surface area contributed by atoms with Crippen LogP contribution in [0.25, 0.3) is 6.08 Å². The second-order valence-electron chi connectivity index (χ2n) is 5.06. The summed E-state index contributed by atoms with van der Waals surface area (Å²) in [4.78, 5) is 0.443. The van der Waals surface area contributed by atoms with Crippen LogP contribution in [0.5, 0.6) is 0 Å². The Kier molecular flexibility index (Phi) is 4.23. The average molecular weight is 264 g/mol. The fraction of sp³-hybridized carbons (Fsp3) is 0.467. The van der Waals surface area contributed by atoms with E-state index in [0.717, 1.165) is 18.4 Å². The number of hydrogen-bond donors (Lipinski definition) is 0. The summed E-state index contributed by atoms with van der Waals surface area (Å²) in [6.45, 7) is 3.67. The first kappa shape index (κ1) is 13.3. The van der Waals surface area contributed by atoms with Crippen molar-refractivity contribution in [2.75, 3.05) is 5.75 Å². The topological polar surface area (TPSA) is 34.1 Å². The smallest absolute Gasteiger partial charge is 0.178 e. The lowest BCUT2D eigenvalue weighted by molar-refractivity contribution is 0.385. The van der Waals surface area contributed by atoms with Gasteiger partial charge in [-0.05, 0) is 36.5 Å². The molecule has 0 N–H and O–H groups in total. The molecule has 0 saturated heterocycles. The van der Waals surface area contributed by atoms with Crippen molar-refractivity contribution in [1.29, 1.82) is 0 Å². The van der Waals surface area contributed by atoms with E-state index in [-0.39, 0.29) is 0 Å². The number of rotatable bonds is 4. The lowest BCUT2D eigenvalue weighted by Crippen LogP contribution is -2.18. The van der Waals surface area contributed by atoms with Gasteiger partial charge in [0.15, 0.2) is 9.84 Å². The normalized spacial score (nSPS) is 17.6. The van der Waals surface area contributed by atoms with Gasteiger partial charge in [-0.15, -0.1) is 0 Å². The molecule has 0 unspecified atom stereocenters. The fourth-order valence-electron chi connectivity index (χ4n) is 2.57. The summed E-state index contributed by atoms with van der Waals surface area (Å²) in [6, 6.07) is 6.99. The molecule has 98 valence electrons. The van der Waals surface area contributed by atoms with E-state index in [2.05, 4.69) is 6.58 Å². The molecular weight excluding hydrogens is 244 g/mol. The minimum atomic E-state index is -3.12. The minimum absolute atomic E-state index is 0.306. The molecule has 0 radical (unpaired) electrons. The van der Waals surface area contributed by atoms with Crippen molar-refractivity contribution in [3.05, 3.63) is 36.4 Å². The summed E-state index contributed by atoms with van der Waals surface area (Å²) in [7, 11) is -3.12. The van der Waals surface area contributed by atoms with E-state index < -0.39 is 9.84 Å². The van der Waals surface area contributed by atoms with Gasteiger partial charge >= 0.3 is 0 Å². The van der Waals surface area contributed by atoms with Gasteiger partial charge in [-0.25, -0.2) is 8.42 Å². The molecule has 1 aliphatic carbocycles. The second kappa shape index (κ2) is 5.70. The third-order valence-electron chi connectivity index (χ3n) is 3.65. The van der Waals surface area contributed by atoms with E-state index in [1.165, 1.54) is 19.3 Å². The van der Waals surface area contributed by atoms with Gasteiger partial charge in [0.2, 0.25) is 0 Å². The molecule has 1 saturated carbocycles. The van der Waals surface area contributed by atoms with Crippen LogP contribution in [0.2, 0.25) is 0 Å². The predicted molar refractivity (Wildman–Crippen MR) is 75.2 cm³/mol. The summed E-state index contributed by atoms with van der Waals surface area (Å²) in [6.07, 6.45) is 7.45. The highest BCUT2D eigenvalue weighted by Crippen LogP contribution is 2.27. The largest absolute Gasteiger partial charge is 0.224 e. The molecule has 1 aliphatic rings. The Labute approximate surface area is 110 Å². The first-order valence-corrected chi connectivity index (χ1v) is 8.22. The highest BCUT2D eigenvalue weighted by Gasteiger charge is 2.22. The van der Waals surface area contributed by atoms with Crippen LogP contribution in [0.4, 0.5) is 0 Å². The molecule has 1 aromatic carbocycles. The summed E-state index contributed by atoms with van der Waals surface area (Å²) in [5, 5.41) is 0. The predicted octanol–water partition coefficient (Wildman–Crippen LogP) is 3.68. The van der Waals surface area contributed by atoms with Crippen LogP contribution in [-0.4, -0.2) is 14.2 Å². The van der Waals surface area contributed by atoms with E-state index >= 15 is 0 Å². The first-order chi connectivity index (χ1) is 8.62. The van der Waals surface area contributed by atoms with Crippen molar-refractivity contribution in [3.63, 3.8) is 0 Å². The summed E-state index contributed by atoms with van der Waals surface area (Å²) < 4.78 is 24.5. The van der Waals surface area contributed by atoms with Crippen LogP contribution in [-0.2, 0) is 9.84 Å². The number of sulfone groups is 1. The average Bonchev–Trinajstić information content (AvgIpc) is 2.39. The maximum atomic E-state index is 12.3. The summed E-state index contributed by atoms with van der Waals surface area (Å²) >= 11 is 0. The monoisotopic (exact) mass is 264 g/mol. The van der Waals surface area contributed by atoms with Gasteiger partial charge < -0.3 is 0 Å². The van der Waals surface area contributed by atoms with Crippen molar-refractivity contribution in [3.8, 4) is 0 Å². The number of hydrogen-bond acceptors (Lipinski definition) is 2. The van der Waals surface area contributed by atoms with Gasteiger partial charge in [0, 0.05) is 0 Å². The zero-order chi connectivity index (χ0) is 13.0. The SMILES string of the molecule is C=Cc1ccc(S(=O)(=O)CC2CCCCC2)cc1. The van der Waals surface area contributed by atoms with E-state index in [9.17, 15) is 8.42 Å². The Morgan fingerprint density at radius 3 is 2.28 bits per heavy atom. The van der Waals surface area contributed by atoms with Crippen molar-refractivity contribution < 1.29 is 8.42 Å². The lowest BCUT2D eigenvalue weighted by atomic mass is 9.91. The van der Waals surface area contributed by atoms with Gasteiger partial charge in [-0.1, -0.05) is 44.1 Å². The quantitative estimate of drug-likeness (QED) is 0.831. The molecule has 0 aliphatic heterocycles. The van der Waals surface area contributed by atoms with E-state index in [4.69, 9.17) is 0 Å². The van der Waals surface area contributed by atoms with Crippen molar-refractivity contribution in [2.24, 2.45) is 5.92 Å². The van der Waals surface area contributed by atoms with Gasteiger partial charge in [-0.3, -0.25) is 0 Å². The van der Waals surface area contributed by atoms with Crippen LogP contribution in [0.15, 0.2) is 35.7 Å². The molecule has 1 fully saturated rings.